The molecule has 1 aromatic heterocycles. The van der Waals surface area contributed by atoms with Crippen LogP contribution >= 0.6 is 11.8 Å². The van der Waals surface area contributed by atoms with Crippen LogP contribution in [-0.4, -0.2) is 6.26 Å². The fourth-order valence-corrected chi connectivity index (χ4v) is 2.19. The first kappa shape index (κ1) is 11.2. The smallest absolute Gasteiger partial charge is 0.192 e. The third kappa shape index (κ3) is 2.12. The first-order chi connectivity index (χ1) is 7.86. The van der Waals surface area contributed by atoms with Gasteiger partial charge in [0.1, 0.15) is 6.54 Å². The molecule has 0 unspecified atom stereocenters. The molecule has 0 radical (unpaired) electrons. The normalized spacial score (nSPS) is 11.4. The van der Waals surface area contributed by atoms with Gasteiger partial charge in [0.15, 0.2) is 0 Å². The number of nitrogens with zero attached hydrogens (tertiary/aromatic N) is 1. The molecule has 82 valence electrons. The Morgan fingerprint density at radius 2 is 2.00 bits per heavy atom. The lowest BCUT2D eigenvalue weighted by Crippen LogP contribution is -2.36. The minimum absolute atomic E-state index is 0.995. The van der Waals surface area contributed by atoms with Gasteiger partial charge in [0.2, 0.25) is 11.2 Å². The average molecular weight is 230 g/mol. The second-order valence-electron chi connectivity index (χ2n) is 3.60. The number of benzene rings is 1. The first-order valence-corrected chi connectivity index (χ1v) is 6.76. The van der Waals surface area contributed by atoms with Gasteiger partial charge in [-0.05, 0) is 30.7 Å². The second kappa shape index (κ2) is 5.17. The molecule has 2 rings (SSSR count). The van der Waals surface area contributed by atoms with Crippen LogP contribution < -0.4 is 4.57 Å². The third-order valence-corrected chi connectivity index (χ3v) is 3.07. The van der Waals surface area contributed by atoms with E-state index in [9.17, 15) is 0 Å². The molecular weight excluding hydrogens is 214 g/mol. The molecule has 0 aliphatic heterocycles. The monoisotopic (exact) mass is 230 g/mol. The number of aromatic nitrogens is 1. The maximum Gasteiger partial charge on any atom is 0.212 e. The lowest BCUT2D eigenvalue weighted by Gasteiger charge is -2.02. The van der Waals surface area contributed by atoms with Crippen LogP contribution in [0.25, 0.3) is 17.0 Å². The predicted octanol–water partition coefficient (Wildman–Crippen LogP) is 3.48. The van der Waals surface area contributed by atoms with Crippen LogP contribution in [0.1, 0.15) is 12.6 Å². The minimum atomic E-state index is 0.995. The lowest BCUT2D eigenvalue weighted by molar-refractivity contribution is -0.669. The summed E-state index contributed by atoms with van der Waals surface area (Å²) in [6.45, 7) is 3.18. The van der Waals surface area contributed by atoms with Crippen LogP contribution in [0.15, 0.2) is 41.8 Å². The van der Waals surface area contributed by atoms with E-state index in [4.69, 9.17) is 0 Å². The number of hydrogen-bond acceptors (Lipinski definition) is 1. The quantitative estimate of drug-likeness (QED) is 0.730. The summed E-state index contributed by atoms with van der Waals surface area (Å²) in [6.07, 6.45) is 4.24. The SMILES string of the molecule is CC[n+]1c(C=CSC)ccc2ccccc21. The third-order valence-electron chi connectivity index (χ3n) is 2.66. The molecule has 1 nitrogen and oxygen atoms in total. The predicted molar refractivity (Wildman–Crippen MR) is 72.4 cm³/mol. The average Bonchev–Trinajstić information content (AvgIpc) is 2.35. The molecule has 0 N–H and O–H groups in total. The van der Waals surface area contributed by atoms with E-state index in [0.29, 0.717) is 0 Å². The van der Waals surface area contributed by atoms with Gasteiger partial charge < -0.3 is 0 Å². The maximum atomic E-state index is 2.34. The molecule has 0 amide bonds. The van der Waals surface area contributed by atoms with E-state index in [0.717, 1.165) is 6.54 Å². The van der Waals surface area contributed by atoms with Gasteiger partial charge in [-0.2, -0.15) is 4.57 Å². The molecule has 2 aromatic rings. The number of fused-ring (bicyclic) bond motifs is 1. The Bertz CT molecular complexity index is 517. The van der Waals surface area contributed by atoms with Gasteiger partial charge in [0.05, 0.1) is 0 Å². The van der Waals surface area contributed by atoms with Crippen LogP contribution in [0.2, 0.25) is 0 Å². The zero-order chi connectivity index (χ0) is 11.4. The Morgan fingerprint density at radius 3 is 2.75 bits per heavy atom. The van der Waals surface area contributed by atoms with E-state index in [1.807, 2.05) is 0 Å². The van der Waals surface area contributed by atoms with E-state index in [1.54, 1.807) is 11.8 Å². The van der Waals surface area contributed by atoms with Gasteiger partial charge in [0.25, 0.3) is 0 Å². The molecule has 0 aliphatic rings. The minimum Gasteiger partial charge on any atom is -0.192 e. The fraction of sp³-hybridized carbons (Fsp3) is 0.214. The van der Waals surface area contributed by atoms with Crippen molar-refractivity contribution in [3.05, 3.63) is 47.5 Å². The topological polar surface area (TPSA) is 3.88 Å². The highest BCUT2D eigenvalue weighted by Gasteiger charge is 2.10. The highest BCUT2D eigenvalue weighted by atomic mass is 32.2. The summed E-state index contributed by atoms with van der Waals surface area (Å²) in [6, 6.07) is 12.9. The summed E-state index contributed by atoms with van der Waals surface area (Å²) in [7, 11) is 0. The Kier molecular flexibility index (Phi) is 3.62. The molecule has 0 spiro atoms. The molecule has 16 heavy (non-hydrogen) atoms. The number of rotatable bonds is 3. The van der Waals surface area contributed by atoms with Crippen molar-refractivity contribution in [3.63, 3.8) is 0 Å². The van der Waals surface area contributed by atoms with Gasteiger partial charge in [0, 0.05) is 23.6 Å². The Morgan fingerprint density at radius 1 is 1.19 bits per heavy atom. The molecule has 2 heteroatoms. The van der Waals surface area contributed by atoms with Gasteiger partial charge in [-0.25, -0.2) is 0 Å². The van der Waals surface area contributed by atoms with Crippen LogP contribution in [0.5, 0.6) is 0 Å². The molecule has 0 saturated carbocycles. The van der Waals surface area contributed by atoms with Crippen LogP contribution in [0.3, 0.4) is 0 Å². The first-order valence-electron chi connectivity index (χ1n) is 5.47. The molecule has 0 atom stereocenters. The molecule has 0 bridgehead atoms. The number of hydrogen-bond donors (Lipinski definition) is 0. The summed E-state index contributed by atoms with van der Waals surface area (Å²) >= 11 is 1.73. The zero-order valence-electron chi connectivity index (χ0n) is 9.68. The number of pyridine rings is 1. The summed E-state index contributed by atoms with van der Waals surface area (Å²) in [5.41, 5.74) is 2.56. The highest BCUT2D eigenvalue weighted by molar-refractivity contribution is 8.01. The Hall–Kier alpha value is -1.28. The largest absolute Gasteiger partial charge is 0.212 e. The van der Waals surface area contributed by atoms with Crippen LogP contribution in [0, 0.1) is 0 Å². The number of para-hydroxylation sites is 1. The standard InChI is InChI=1S/C14H16NS/c1-3-15-13(10-11-16-2)9-8-12-6-4-5-7-14(12)15/h4-11H,3H2,1-2H3/q+1. The molecule has 1 aromatic carbocycles. The van der Waals surface area contributed by atoms with E-state index < -0.39 is 0 Å². The van der Waals surface area contributed by atoms with Crippen molar-refractivity contribution >= 4 is 28.7 Å². The molecule has 0 aliphatic carbocycles. The summed E-state index contributed by atoms with van der Waals surface area (Å²) < 4.78 is 2.34. The van der Waals surface area contributed by atoms with E-state index >= 15 is 0 Å². The van der Waals surface area contributed by atoms with Crippen molar-refractivity contribution in [1.29, 1.82) is 0 Å². The van der Waals surface area contributed by atoms with Gasteiger partial charge in [-0.1, -0.05) is 12.1 Å². The summed E-state index contributed by atoms with van der Waals surface area (Å²) in [5, 5.41) is 3.42. The zero-order valence-corrected chi connectivity index (χ0v) is 10.5. The van der Waals surface area contributed by atoms with Crippen molar-refractivity contribution in [1.82, 2.24) is 0 Å². The Balaban J connectivity index is 2.63. The lowest BCUT2D eigenvalue weighted by atomic mass is 10.2. The van der Waals surface area contributed by atoms with Crippen molar-refractivity contribution < 1.29 is 4.57 Å². The Labute approximate surface area is 101 Å². The molecule has 0 saturated heterocycles. The molecule has 1 heterocycles. The summed E-state index contributed by atoms with van der Waals surface area (Å²) in [4.78, 5) is 0. The maximum absolute atomic E-state index is 2.34. The van der Waals surface area contributed by atoms with Crippen LogP contribution in [0.4, 0.5) is 0 Å². The number of thioether (sulfide) groups is 1. The van der Waals surface area contributed by atoms with Crippen molar-refractivity contribution in [2.45, 2.75) is 13.5 Å². The molecular formula is C14H16NS+. The van der Waals surface area contributed by atoms with Crippen molar-refractivity contribution in [2.24, 2.45) is 0 Å². The van der Waals surface area contributed by atoms with E-state index in [-0.39, 0.29) is 0 Å². The van der Waals surface area contributed by atoms with Gasteiger partial charge >= 0.3 is 0 Å². The highest BCUT2D eigenvalue weighted by Crippen LogP contribution is 2.12. The van der Waals surface area contributed by atoms with E-state index in [1.165, 1.54) is 16.6 Å². The van der Waals surface area contributed by atoms with Crippen molar-refractivity contribution in [2.75, 3.05) is 6.26 Å². The van der Waals surface area contributed by atoms with Crippen LogP contribution in [-0.2, 0) is 6.54 Å². The van der Waals surface area contributed by atoms with Gasteiger partial charge in [-0.3, -0.25) is 0 Å². The number of aryl methyl sites for hydroxylation is 1. The molecule has 0 fully saturated rings. The second-order valence-corrected chi connectivity index (χ2v) is 4.34. The van der Waals surface area contributed by atoms with Gasteiger partial charge in [-0.15, -0.1) is 11.8 Å². The summed E-state index contributed by atoms with van der Waals surface area (Å²) in [5.74, 6) is 0. The fourth-order valence-electron chi connectivity index (χ4n) is 1.91. The van der Waals surface area contributed by atoms with Crippen molar-refractivity contribution in [3.8, 4) is 0 Å². The van der Waals surface area contributed by atoms with E-state index in [2.05, 4.69) is 65.6 Å².